The summed E-state index contributed by atoms with van der Waals surface area (Å²) < 4.78 is 29.3. The number of hydrogen-bond donors (Lipinski definition) is 0. The van der Waals surface area contributed by atoms with Gasteiger partial charge in [-0.2, -0.15) is 0 Å². The first-order valence-electron chi connectivity index (χ1n) is 5.03. The van der Waals surface area contributed by atoms with E-state index < -0.39 is 22.6 Å². The van der Waals surface area contributed by atoms with E-state index in [9.17, 15) is 13.4 Å². The summed E-state index contributed by atoms with van der Waals surface area (Å²) in [6.07, 6.45) is 0.0649. The lowest BCUT2D eigenvalue weighted by molar-refractivity contribution is -0.142. The average molecular weight is 279 g/mol. The van der Waals surface area contributed by atoms with Gasteiger partial charge in [0.05, 0.1) is 28.8 Å². The Morgan fingerprint density at radius 3 is 2.82 bits per heavy atom. The lowest BCUT2D eigenvalue weighted by Crippen LogP contribution is -2.09. The number of carbonyl (C=O) groups excluding carboxylic acids is 1. The molecule has 1 rings (SSSR count). The summed E-state index contributed by atoms with van der Waals surface area (Å²) in [6, 6.07) is 3.85. The van der Waals surface area contributed by atoms with E-state index in [1.54, 1.807) is 6.92 Å². The van der Waals surface area contributed by atoms with Crippen molar-refractivity contribution in [1.29, 1.82) is 0 Å². The Labute approximate surface area is 106 Å². The zero-order chi connectivity index (χ0) is 12.8. The molecule has 0 fully saturated rings. The second kappa shape index (κ2) is 6.71. The van der Waals surface area contributed by atoms with Crippen molar-refractivity contribution in [2.45, 2.75) is 18.2 Å². The van der Waals surface area contributed by atoms with Crippen LogP contribution in [0.25, 0.3) is 0 Å². The molecule has 0 heterocycles. The molecule has 1 atom stereocenters. The summed E-state index contributed by atoms with van der Waals surface area (Å²) in [5.41, 5.74) is 0. The maximum absolute atomic E-state index is 12.9. The molecule has 0 saturated heterocycles. The van der Waals surface area contributed by atoms with Gasteiger partial charge in [-0.15, -0.1) is 0 Å². The van der Waals surface area contributed by atoms with Crippen molar-refractivity contribution in [1.82, 2.24) is 0 Å². The van der Waals surface area contributed by atoms with Gasteiger partial charge in [-0.25, -0.2) is 4.39 Å². The third-order valence-electron chi connectivity index (χ3n) is 1.95. The fourth-order valence-electron chi connectivity index (χ4n) is 1.15. The lowest BCUT2D eigenvalue weighted by Gasteiger charge is -2.03. The number of esters is 1. The van der Waals surface area contributed by atoms with Gasteiger partial charge >= 0.3 is 5.97 Å². The number of ether oxygens (including phenoxy) is 1. The highest BCUT2D eigenvalue weighted by molar-refractivity contribution is 7.85. The van der Waals surface area contributed by atoms with Gasteiger partial charge in [0.2, 0.25) is 0 Å². The van der Waals surface area contributed by atoms with Crippen LogP contribution in [0, 0.1) is 5.82 Å². The highest BCUT2D eigenvalue weighted by atomic mass is 35.5. The number of benzene rings is 1. The van der Waals surface area contributed by atoms with Crippen molar-refractivity contribution in [3.63, 3.8) is 0 Å². The SMILES string of the molecule is CCOC(=O)CCS(=O)c1ccc(F)c(Cl)c1. The summed E-state index contributed by atoms with van der Waals surface area (Å²) in [5.74, 6) is -0.812. The summed E-state index contributed by atoms with van der Waals surface area (Å²) >= 11 is 5.57. The summed E-state index contributed by atoms with van der Waals surface area (Å²) in [4.78, 5) is 11.5. The zero-order valence-electron chi connectivity index (χ0n) is 9.24. The fourth-order valence-corrected chi connectivity index (χ4v) is 2.45. The number of carbonyl (C=O) groups is 1. The normalized spacial score (nSPS) is 12.2. The predicted octanol–water partition coefficient (Wildman–Crippen LogP) is 2.54. The minimum atomic E-state index is -1.38. The predicted molar refractivity (Wildman–Crippen MR) is 63.9 cm³/mol. The van der Waals surface area contributed by atoms with Gasteiger partial charge in [-0.05, 0) is 25.1 Å². The largest absolute Gasteiger partial charge is 0.466 e. The number of rotatable bonds is 5. The molecule has 17 heavy (non-hydrogen) atoms. The van der Waals surface area contributed by atoms with Crippen LogP contribution in [0.4, 0.5) is 4.39 Å². The van der Waals surface area contributed by atoms with E-state index in [1.165, 1.54) is 12.1 Å². The Hall–Kier alpha value is -0.940. The topological polar surface area (TPSA) is 43.4 Å². The second-order valence-corrected chi connectivity index (χ2v) is 5.16. The Kier molecular flexibility index (Phi) is 5.58. The lowest BCUT2D eigenvalue weighted by atomic mass is 10.3. The number of halogens is 2. The minimum absolute atomic E-state index is 0.0649. The van der Waals surface area contributed by atoms with Crippen LogP contribution in [-0.4, -0.2) is 22.5 Å². The molecule has 0 spiro atoms. The van der Waals surface area contributed by atoms with E-state index >= 15 is 0 Å². The van der Waals surface area contributed by atoms with E-state index in [-0.39, 0.29) is 17.2 Å². The Morgan fingerprint density at radius 2 is 2.24 bits per heavy atom. The molecule has 0 bridgehead atoms. The van der Waals surface area contributed by atoms with Crippen molar-refractivity contribution in [3.05, 3.63) is 29.0 Å². The molecule has 94 valence electrons. The van der Waals surface area contributed by atoms with Gasteiger partial charge in [0.25, 0.3) is 0 Å². The maximum Gasteiger partial charge on any atom is 0.306 e. The van der Waals surface area contributed by atoms with E-state index in [0.29, 0.717) is 11.5 Å². The molecular formula is C11H12ClFO3S. The van der Waals surface area contributed by atoms with Crippen LogP contribution in [0.3, 0.4) is 0 Å². The van der Waals surface area contributed by atoms with Crippen molar-refractivity contribution in [3.8, 4) is 0 Å². The molecule has 1 aromatic carbocycles. The molecular weight excluding hydrogens is 267 g/mol. The van der Waals surface area contributed by atoms with Gasteiger partial charge in [0, 0.05) is 10.6 Å². The molecule has 0 aliphatic rings. The zero-order valence-corrected chi connectivity index (χ0v) is 10.8. The van der Waals surface area contributed by atoms with E-state index in [1.807, 2.05) is 0 Å². The molecule has 0 aliphatic heterocycles. The molecule has 0 N–H and O–H groups in total. The molecule has 0 radical (unpaired) electrons. The highest BCUT2D eigenvalue weighted by Crippen LogP contribution is 2.18. The minimum Gasteiger partial charge on any atom is -0.466 e. The van der Waals surface area contributed by atoms with E-state index in [4.69, 9.17) is 16.3 Å². The third-order valence-corrected chi connectivity index (χ3v) is 3.60. The van der Waals surface area contributed by atoms with Crippen LogP contribution >= 0.6 is 11.6 Å². The van der Waals surface area contributed by atoms with E-state index in [2.05, 4.69) is 0 Å². The standard InChI is InChI=1S/C11H12ClFO3S/c1-2-16-11(14)5-6-17(15)8-3-4-10(13)9(12)7-8/h3-4,7H,2,5-6H2,1H3. The third kappa shape index (κ3) is 4.44. The number of hydrogen-bond acceptors (Lipinski definition) is 3. The van der Waals surface area contributed by atoms with Crippen molar-refractivity contribution in [2.24, 2.45) is 0 Å². The molecule has 1 aromatic rings. The molecule has 0 aromatic heterocycles. The van der Waals surface area contributed by atoms with Gasteiger partial charge in [-0.1, -0.05) is 11.6 Å². The Balaban J connectivity index is 2.58. The quantitative estimate of drug-likeness (QED) is 0.778. The average Bonchev–Trinajstić information content (AvgIpc) is 2.30. The van der Waals surface area contributed by atoms with Crippen LogP contribution in [0.2, 0.25) is 5.02 Å². The van der Waals surface area contributed by atoms with Gasteiger partial charge in [0.1, 0.15) is 5.82 Å². The summed E-state index contributed by atoms with van der Waals surface area (Å²) in [6.45, 7) is 2.00. The van der Waals surface area contributed by atoms with Gasteiger partial charge in [-0.3, -0.25) is 9.00 Å². The van der Waals surface area contributed by atoms with Gasteiger partial charge in [0.15, 0.2) is 0 Å². The van der Waals surface area contributed by atoms with Crippen LogP contribution in [0.1, 0.15) is 13.3 Å². The summed E-state index contributed by atoms with van der Waals surface area (Å²) in [5, 5.41) is -0.0769. The first kappa shape index (κ1) is 14.1. The summed E-state index contributed by atoms with van der Waals surface area (Å²) in [7, 11) is -1.38. The maximum atomic E-state index is 12.9. The fraction of sp³-hybridized carbons (Fsp3) is 0.364. The van der Waals surface area contributed by atoms with Crippen molar-refractivity contribution >= 4 is 28.4 Å². The van der Waals surface area contributed by atoms with Crippen molar-refractivity contribution in [2.75, 3.05) is 12.4 Å². The van der Waals surface area contributed by atoms with E-state index in [0.717, 1.165) is 6.07 Å². The highest BCUT2D eigenvalue weighted by Gasteiger charge is 2.10. The van der Waals surface area contributed by atoms with Gasteiger partial charge < -0.3 is 4.74 Å². The first-order chi connectivity index (χ1) is 8.04. The van der Waals surface area contributed by atoms with Crippen LogP contribution in [-0.2, 0) is 20.3 Å². The smallest absolute Gasteiger partial charge is 0.306 e. The molecule has 0 aliphatic carbocycles. The van der Waals surface area contributed by atoms with Crippen LogP contribution in [0.15, 0.2) is 23.1 Å². The second-order valence-electron chi connectivity index (χ2n) is 3.18. The molecule has 0 amide bonds. The molecule has 6 heteroatoms. The van der Waals surface area contributed by atoms with Crippen LogP contribution in [0.5, 0.6) is 0 Å². The first-order valence-corrected chi connectivity index (χ1v) is 6.73. The van der Waals surface area contributed by atoms with Crippen LogP contribution < -0.4 is 0 Å². The molecule has 0 saturated carbocycles. The molecule has 3 nitrogen and oxygen atoms in total. The van der Waals surface area contributed by atoms with Crippen molar-refractivity contribution < 1.29 is 18.1 Å². The Bertz CT molecular complexity index is 437. The monoisotopic (exact) mass is 278 g/mol. The molecule has 1 unspecified atom stereocenters. The Morgan fingerprint density at radius 1 is 1.53 bits per heavy atom.